The molecule has 1 aromatic carbocycles. The first-order valence-corrected chi connectivity index (χ1v) is 7.41. The van der Waals surface area contributed by atoms with Gasteiger partial charge in [-0.2, -0.15) is 0 Å². The maximum Gasteiger partial charge on any atom is 0.292 e. The van der Waals surface area contributed by atoms with Crippen LogP contribution in [0, 0.1) is 29.9 Å². The summed E-state index contributed by atoms with van der Waals surface area (Å²) in [6.07, 6.45) is 3.14. The van der Waals surface area contributed by atoms with Crippen LogP contribution in [0.4, 0.5) is 11.4 Å². The first-order chi connectivity index (χ1) is 9.38. The molecule has 2 unspecified atom stereocenters. The van der Waals surface area contributed by atoms with Crippen molar-refractivity contribution in [2.75, 3.05) is 5.32 Å². The third-order valence-electron chi connectivity index (χ3n) is 4.04. The molecular formula is C16H26N2O2. The number of benzene rings is 1. The van der Waals surface area contributed by atoms with Crippen molar-refractivity contribution in [1.29, 1.82) is 0 Å². The van der Waals surface area contributed by atoms with E-state index < -0.39 is 0 Å². The highest BCUT2D eigenvalue weighted by Gasteiger charge is 2.19. The Hall–Kier alpha value is -1.58. The minimum Gasteiger partial charge on any atom is -0.377 e. The van der Waals surface area contributed by atoms with Gasteiger partial charge >= 0.3 is 0 Å². The standard InChI is InChI=1S/C16H26N2O2/c1-6-11(3)8-14(7-2)17-15-9-12(4)13(5)10-16(15)18(19)20/h9-11,14,17H,6-8H2,1-5H3. The Labute approximate surface area is 121 Å². The number of nitrogens with zero attached hydrogens (tertiary/aromatic N) is 1. The number of anilines is 1. The minimum atomic E-state index is -0.301. The topological polar surface area (TPSA) is 55.2 Å². The molecule has 2 atom stereocenters. The van der Waals surface area contributed by atoms with E-state index in [9.17, 15) is 10.1 Å². The minimum absolute atomic E-state index is 0.177. The average Bonchev–Trinajstić information content (AvgIpc) is 2.41. The lowest BCUT2D eigenvalue weighted by molar-refractivity contribution is -0.384. The molecule has 1 aromatic rings. The highest BCUT2D eigenvalue weighted by Crippen LogP contribution is 2.29. The zero-order valence-corrected chi connectivity index (χ0v) is 13.2. The summed E-state index contributed by atoms with van der Waals surface area (Å²) in [5.74, 6) is 0.623. The van der Waals surface area contributed by atoms with E-state index in [1.54, 1.807) is 6.07 Å². The van der Waals surface area contributed by atoms with Gasteiger partial charge in [-0.1, -0.05) is 27.2 Å². The van der Waals surface area contributed by atoms with Crippen LogP contribution in [0.5, 0.6) is 0 Å². The zero-order valence-electron chi connectivity index (χ0n) is 13.2. The highest BCUT2D eigenvalue weighted by atomic mass is 16.6. The van der Waals surface area contributed by atoms with Crippen LogP contribution >= 0.6 is 0 Å². The lowest BCUT2D eigenvalue weighted by atomic mass is 9.97. The second-order valence-electron chi connectivity index (χ2n) is 5.71. The Bertz CT molecular complexity index is 472. The van der Waals surface area contributed by atoms with E-state index in [0.29, 0.717) is 11.6 Å². The lowest BCUT2D eigenvalue weighted by Crippen LogP contribution is -2.22. The molecule has 0 saturated heterocycles. The summed E-state index contributed by atoms with van der Waals surface area (Å²) >= 11 is 0. The van der Waals surface area contributed by atoms with Crippen LogP contribution in [-0.2, 0) is 0 Å². The second-order valence-corrected chi connectivity index (χ2v) is 5.71. The smallest absolute Gasteiger partial charge is 0.292 e. The summed E-state index contributed by atoms with van der Waals surface area (Å²) < 4.78 is 0. The van der Waals surface area contributed by atoms with Crippen LogP contribution in [0.2, 0.25) is 0 Å². The van der Waals surface area contributed by atoms with Crippen molar-refractivity contribution in [3.8, 4) is 0 Å². The van der Waals surface area contributed by atoms with E-state index in [0.717, 1.165) is 30.4 Å². The molecule has 0 aliphatic heterocycles. The Morgan fingerprint density at radius 1 is 1.20 bits per heavy atom. The maximum atomic E-state index is 11.2. The van der Waals surface area contributed by atoms with Crippen molar-refractivity contribution in [3.05, 3.63) is 33.4 Å². The van der Waals surface area contributed by atoms with Gasteiger partial charge < -0.3 is 5.32 Å². The molecule has 1 rings (SSSR count). The van der Waals surface area contributed by atoms with Crippen molar-refractivity contribution in [1.82, 2.24) is 0 Å². The summed E-state index contributed by atoms with van der Waals surface area (Å²) in [6.45, 7) is 10.4. The van der Waals surface area contributed by atoms with Crippen molar-refractivity contribution in [2.24, 2.45) is 5.92 Å². The summed E-state index contributed by atoms with van der Waals surface area (Å²) in [5, 5.41) is 14.6. The molecule has 4 heteroatoms. The van der Waals surface area contributed by atoms with Gasteiger partial charge in [-0.3, -0.25) is 10.1 Å². The number of hydrogen-bond donors (Lipinski definition) is 1. The molecule has 0 fully saturated rings. The average molecular weight is 278 g/mol. The first-order valence-electron chi connectivity index (χ1n) is 7.41. The van der Waals surface area contributed by atoms with Crippen LogP contribution in [0.3, 0.4) is 0 Å². The van der Waals surface area contributed by atoms with Crippen LogP contribution in [0.25, 0.3) is 0 Å². The molecule has 0 radical (unpaired) electrons. The van der Waals surface area contributed by atoms with Crippen molar-refractivity contribution >= 4 is 11.4 Å². The monoisotopic (exact) mass is 278 g/mol. The third-order valence-corrected chi connectivity index (χ3v) is 4.04. The van der Waals surface area contributed by atoms with Gasteiger partial charge in [0.15, 0.2) is 0 Å². The van der Waals surface area contributed by atoms with Crippen LogP contribution in [0.15, 0.2) is 12.1 Å². The molecule has 0 bridgehead atoms. The lowest BCUT2D eigenvalue weighted by Gasteiger charge is -2.22. The molecule has 0 aromatic heterocycles. The van der Waals surface area contributed by atoms with E-state index >= 15 is 0 Å². The van der Waals surface area contributed by atoms with Crippen molar-refractivity contribution < 1.29 is 4.92 Å². The van der Waals surface area contributed by atoms with Crippen LogP contribution in [-0.4, -0.2) is 11.0 Å². The van der Waals surface area contributed by atoms with Crippen molar-refractivity contribution in [3.63, 3.8) is 0 Å². The summed E-state index contributed by atoms with van der Waals surface area (Å²) in [5.41, 5.74) is 2.86. The van der Waals surface area contributed by atoms with Gasteiger partial charge in [0.05, 0.1) is 4.92 Å². The fraction of sp³-hybridized carbons (Fsp3) is 0.625. The molecular weight excluding hydrogens is 252 g/mol. The molecule has 0 aliphatic carbocycles. The molecule has 0 heterocycles. The van der Waals surface area contributed by atoms with Gasteiger partial charge in [0.1, 0.15) is 5.69 Å². The first kappa shape index (κ1) is 16.5. The van der Waals surface area contributed by atoms with Crippen molar-refractivity contribution in [2.45, 2.75) is 59.9 Å². The second kappa shape index (κ2) is 7.27. The Morgan fingerprint density at radius 2 is 1.80 bits per heavy atom. The molecule has 112 valence electrons. The Kier molecular flexibility index (Phi) is 5.99. The third kappa shape index (κ3) is 4.22. The molecule has 20 heavy (non-hydrogen) atoms. The predicted octanol–water partition coefficient (Wildman–Crippen LogP) is 4.84. The molecule has 0 aliphatic rings. The van der Waals surface area contributed by atoms with Gasteiger partial charge in [0.2, 0.25) is 0 Å². The number of nitro groups is 1. The Balaban J connectivity index is 2.99. The summed E-state index contributed by atoms with van der Waals surface area (Å²) in [7, 11) is 0. The Morgan fingerprint density at radius 3 is 2.30 bits per heavy atom. The predicted molar refractivity (Wildman–Crippen MR) is 84.3 cm³/mol. The van der Waals surface area contributed by atoms with E-state index in [2.05, 4.69) is 26.1 Å². The number of nitro benzene ring substituents is 1. The fourth-order valence-electron chi connectivity index (χ4n) is 2.27. The van der Waals surface area contributed by atoms with Gasteiger partial charge in [0, 0.05) is 12.1 Å². The highest BCUT2D eigenvalue weighted by molar-refractivity contribution is 5.64. The maximum absolute atomic E-state index is 11.2. The van der Waals surface area contributed by atoms with Gasteiger partial charge in [0.25, 0.3) is 5.69 Å². The van der Waals surface area contributed by atoms with Crippen LogP contribution in [0.1, 0.15) is 51.2 Å². The van der Waals surface area contributed by atoms with Gasteiger partial charge in [-0.15, -0.1) is 0 Å². The molecule has 1 N–H and O–H groups in total. The van der Waals surface area contributed by atoms with Gasteiger partial charge in [-0.25, -0.2) is 0 Å². The van der Waals surface area contributed by atoms with Gasteiger partial charge in [-0.05, 0) is 49.8 Å². The molecule has 0 amide bonds. The molecule has 4 nitrogen and oxygen atoms in total. The number of aryl methyl sites for hydroxylation is 2. The SMILES string of the molecule is CCC(C)CC(CC)Nc1cc(C)c(C)cc1[N+](=O)[O-]. The normalized spacial score (nSPS) is 13.8. The quantitative estimate of drug-likeness (QED) is 0.573. The number of nitrogens with one attached hydrogen (secondary N) is 1. The fourth-order valence-corrected chi connectivity index (χ4v) is 2.27. The largest absolute Gasteiger partial charge is 0.377 e. The summed E-state index contributed by atoms with van der Waals surface area (Å²) in [4.78, 5) is 10.9. The van der Waals surface area contributed by atoms with Crippen LogP contribution < -0.4 is 5.32 Å². The van der Waals surface area contributed by atoms with E-state index in [-0.39, 0.29) is 16.7 Å². The van der Waals surface area contributed by atoms with E-state index in [1.807, 2.05) is 19.9 Å². The molecule has 0 spiro atoms. The van der Waals surface area contributed by atoms with E-state index in [4.69, 9.17) is 0 Å². The summed E-state index contributed by atoms with van der Waals surface area (Å²) in [6, 6.07) is 3.84. The zero-order chi connectivity index (χ0) is 15.3. The van der Waals surface area contributed by atoms with E-state index in [1.165, 1.54) is 0 Å². The number of hydrogen-bond acceptors (Lipinski definition) is 3. The number of rotatable bonds is 7. The molecule has 0 saturated carbocycles.